The van der Waals surface area contributed by atoms with Gasteiger partial charge in [-0.1, -0.05) is 26.0 Å². The summed E-state index contributed by atoms with van der Waals surface area (Å²) in [5, 5.41) is 6.05. The molecule has 0 radical (unpaired) electrons. The molecule has 0 saturated heterocycles. The van der Waals surface area contributed by atoms with E-state index in [1.54, 1.807) is 24.6 Å². The van der Waals surface area contributed by atoms with Crippen LogP contribution in [0.2, 0.25) is 0 Å². The molecule has 5 nitrogen and oxygen atoms in total. The van der Waals surface area contributed by atoms with Crippen molar-refractivity contribution in [2.45, 2.75) is 26.3 Å². The molecule has 3 rings (SSSR count). The van der Waals surface area contributed by atoms with E-state index in [-0.39, 0.29) is 5.91 Å². The van der Waals surface area contributed by atoms with Gasteiger partial charge in [0.2, 0.25) is 0 Å². The molecular weight excluding hydrogens is 314 g/mol. The Bertz CT molecular complexity index is 807. The molecule has 0 aliphatic carbocycles. The van der Waals surface area contributed by atoms with Crippen LogP contribution >= 0.6 is 0 Å². The molecule has 128 valence electrons. The molecule has 1 aromatic carbocycles. The summed E-state index contributed by atoms with van der Waals surface area (Å²) in [6, 6.07) is 15.4. The Morgan fingerprint density at radius 1 is 1.08 bits per heavy atom. The zero-order chi connectivity index (χ0) is 17.6. The van der Waals surface area contributed by atoms with E-state index in [1.165, 1.54) is 5.56 Å². The SMILES string of the molecule is CC(C)c1ccc(Nc2ccc(C(=O)NCc3ccco3)nc2)cc1. The van der Waals surface area contributed by atoms with Crippen molar-refractivity contribution in [3.8, 4) is 0 Å². The second-order valence-corrected chi connectivity index (χ2v) is 6.10. The first-order valence-electron chi connectivity index (χ1n) is 8.25. The van der Waals surface area contributed by atoms with Gasteiger partial charge in [-0.15, -0.1) is 0 Å². The van der Waals surface area contributed by atoms with E-state index >= 15 is 0 Å². The highest BCUT2D eigenvalue weighted by Gasteiger charge is 2.08. The van der Waals surface area contributed by atoms with E-state index in [0.717, 1.165) is 11.4 Å². The van der Waals surface area contributed by atoms with Crippen LogP contribution < -0.4 is 10.6 Å². The summed E-state index contributed by atoms with van der Waals surface area (Å²) in [6.07, 6.45) is 3.23. The molecule has 0 aliphatic heterocycles. The number of carbonyl (C=O) groups is 1. The zero-order valence-corrected chi connectivity index (χ0v) is 14.3. The molecule has 2 heterocycles. The lowest BCUT2D eigenvalue weighted by Gasteiger charge is -2.09. The Morgan fingerprint density at radius 2 is 1.84 bits per heavy atom. The largest absolute Gasteiger partial charge is 0.467 e. The third-order valence-corrected chi connectivity index (χ3v) is 3.87. The molecule has 2 aromatic heterocycles. The maximum atomic E-state index is 12.1. The van der Waals surface area contributed by atoms with Gasteiger partial charge in [0.1, 0.15) is 11.5 Å². The molecule has 0 spiro atoms. The average Bonchev–Trinajstić information content (AvgIpc) is 3.14. The number of furan rings is 1. The van der Waals surface area contributed by atoms with Gasteiger partial charge in [-0.2, -0.15) is 0 Å². The minimum Gasteiger partial charge on any atom is -0.467 e. The van der Waals surface area contributed by atoms with Gasteiger partial charge in [0.15, 0.2) is 0 Å². The molecule has 0 bridgehead atoms. The van der Waals surface area contributed by atoms with Crippen molar-refractivity contribution in [3.05, 3.63) is 78.0 Å². The number of pyridine rings is 1. The van der Waals surface area contributed by atoms with E-state index in [1.807, 2.05) is 24.3 Å². The Kier molecular flexibility index (Phi) is 5.14. The van der Waals surface area contributed by atoms with Crippen LogP contribution in [-0.2, 0) is 6.54 Å². The number of nitrogens with zero attached hydrogens (tertiary/aromatic N) is 1. The van der Waals surface area contributed by atoms with E-state index in [4.69, 9.17) is 4.42 Å². The lowest BCUT2D eigenvalue weighted by atomic mass is 10.0. The fourth-order valence-electron chi connectivity index (χ4n) is 2.39. The van der Waals surface area contributed by atoms with E-state index in [0.29, 0.717) is 23.9 Å². The van der Waals surface area contributed by atoms with Gasteiger partial charge in [-0.25, -0.2) is 4.98 Å². The highest BCUT2D eigenvalue weighted by atomic mass is 16.3. The van der Waals surface area contributed by atoms with Gasteiger partial charge in [-0.3, -0.25) is 4.79 Å². The molecular formula is C20H21N3O2. The second kappa shape index (κ2) is 7.66. The number of aromatic nitrogens is 1. The topological polar surface area (TPSA) is 67.2 Å². The molecule has 2 N–H and O–H groups in total. The van der Waals surface area contributed by atoms with Crippen LogP contribution in [-0.4, -0.2) is 10.9 Å². The summed E-state index contributed by atoms with van der Waals surface area (Å²) in [5.74, 6) is 0.982. The number of benzene rings is 1. The van der Waals surface area contributed by atoms with E-state index in [2.05, 4.69) is 41.6 Å². The van der Waals surface area contributed by atoms with Gasteiger partial charge in [0, 0.05) is 5.69 Å². The van der Waals surface area contributed by atoms with Crippen molar-refractivity contribution in [3.63, 3.8) is 0 Å². The third kappa shape index (κ3) is 4.47. The standard InChI is InChI=1S/C20H21N3O2/c1-14(2)15-5-7-16(8-6-15)23-17-9-10-19(21-12-17)20(24)22-13-18-4-3-11-25-18/h3-12,14,23H,13H2,1-2H3,(H,22,24). The average molecular weight is 335 g/mol. The summed E-state index contributed by atoms with van der Waals surface area (Å²) >= 11 is 0. The highest BCUT2D eigenvalue weighted by Crippen LogP contribution is 2.20. The first kappa shape index (κ1) is 16.8. The molecule has 0 atom stereocenters. The summed E-state index contributed by atoms with van der Waals surface area (Å²) < 4.78 is 5.18. The van der Waals surface area contributed by atoms with Gasteiger partial charge >= 0.3 is 0 Å². The lowest BCUT2D eigenvalue weighted by Crippen LogP contribution is -2.23. The van der Waals surface area contributed by atoms with Crippen LogP contribution in [0.4, 0.5) is 11.4 Å². The van der Waals surface area contributed by atoms with Crippen LogP contribution in [0.1, 0.15) is 41.6 Å². The lowest BCUT2D eigenvalue weighted by molar-refractivity contribution is 0.0943. The van der Waals surface area contributed by atoms with Gasteiger partial charge in [0.25, 0.3) is 5.91 Å². The molecule has 0 fully saturated rings. The number of hydrogen-bond acceptors (Lipinski definition) is 4. The Hall–Kier alpha value is -3.08. The first-order chi connectivity index (χ1) is 12.1. The van der Waals surface area contributed by atoms with Crippen molar-refractivity contribution in [2.75, 3.05) is 5.32 Å². The molecule has 0 aliphatic rings. The maximum absolute atomic E-state index is 12.1. The highest BCUT2D eigenvalue weighted by molar-refractivity contribution is 5.92. The van der Waals surface area contributed by atoms with Gasteiger partial charge in [-0.05, 0) is 47.9 Å². The predicted molar refractivity (Wildman–Crippen MR) is 97.9 cm³/mol. The molecule has 3 aromatic rings. The summed E-state index contributed by atoms with van der Waals surface area (Å²) in [7, 11) is 0. The summed E-state index contributed by atoms with van der Waals surface area (Å²) in [4.78, 5) is 16.3. The number of hydrogen-bond donors (Lipinski definition) is 2. The van der Waals surface area contributed by atoms with Crippen LogP contribution in [0, 0.1) is 0 Å². The van der Waals surface area contributed by atoms with Crippen LogP contribution in [0.25, 0.3) is 0 Å². The van der Waals surface area contributed by atoms with Crippen molar-refractivity contribution < 1.29 is 9.21 Å². The minimum atomic E-state index is -0.232. The van der Waals surface area contributed by atoms with Crippen molar-refractivity contribution in [1.29, 1.82) is 0 Å². The number of rotatable bonds is 6. The van der Waals surface area contributed by atoms with E-state index < -0.39 is 0 Å². The molecule has 0 saturated carbocycles. The first-order valence-corrected chi connectivity index (χ1v) is 8.25. The van der Waals surface area contributed by atoms with Crippen molar-refractivity contribution in [1.82, 2.24) is 10.3 Å². The molecule has 1 amide bonds. The van der Waals surface area contributed by atoms with Crippen LogP contribution in [0.15, 0.2) is 65.4 Å². The zero-order valence-electron chi connectivity index (χ0n) is 14.3. The minimum absolute atomic E-state index is 0.232. The van der Waals surface area contributed by atoms with Crippen molar-refractivity contribution >= 4 is 17.3 Å². The monoisotopic (exact) mass is 335 g/mol. The van der Waals surface area contributed by atoms with Crippen LogP contribution in [0.5, 0.6) is 0 Å². The molecule has 5 heteroatoms. The van der Waals surface area contributed by atoms with Gasteiger partial charge in [0.05, 0.1) is 24.7 Å². The number of anilines is 2. The van der Waals surface area contributed by atoms with Crippen LogP contribution in [0.3, 0.4) is 0 Å². The maximum Gasteiger partial charge on any atom is 0.270 e. The number of nitrogens with one attached hydrogen (secondary N) is 2. The Balaban J connectivity index is 1.58. The molecule has 25 heavy (non-hydrogen) atoms. The molecule has 0 unspecified atom stereocenters. The second-order valence-electron chi connectivity index (χ2n) is 6.10. The quantitative estimate of drug-likeness (QED) is 0.697. The van der Waals surface area contributed by atoms with Gasteiger partial charge < -0.3 is 15.1 Å². The summed E-state index contributed by atoms with van der Waals surface area (Å²) in [5.41, 5.74) is 3.49. The summed E-state index contributed by atoms with van der Waals surface area (Å²) in [6.45, 7) is 4.68. The van der Waals surface area contributed by atoms with E-state index in [9.17, 15) is 4.79 Å². The fourth-order valence-corrected chi connectivity index (χ4v) is 2.39. The van der Waals surface area contributed by atoms with Crippen molar-refractivity contribution in [2.24, 2.45) is 0 Å². The Morgan fingerprint density at radius 3 is 2.44 bits per heavy atom. The number of carbonyl (C=O) groups excluding carboxylic acids is 1. The normalized spacial score (nSPS) is 10.7. The fraction of sp³-hybridized carbons (Fsp3) is 0.200. The smallest absolute Gasteiger partial charge is 0.270 e. The number of amides is 1. The predicted octanol–water partition coefficient (Wildman–Crippen LogP) is 4.47. The third-order valence-electron chi connectivity index (χ3n) is 3.87. The Labute approximate surface area is 147 Å².